The number of nitrogens with two attached hydrogens (primary N) is 1. The molecule has 0 atom stereocenters. The minimum atomic E-state index is 0.432. The van der Waals surface area contributed by atoms with Crippen LogP contribution in [-0.2, 0) is 6.42 Å². The molecular weight excluding hydrogens is 224 g/mol. The molecule has 0 bridgehead atoms. The molecule has 1 heterocycles. The second-order valence-electron chi connectivity index (χ2n) is 4.91. The minimum Gasteiger partial charge on any atom is -0.383 e. The Kier molecular flexibility index (Phi) is 5.89. The lowest BCUT2D eigenvalue weighted by Gasteiger charge is -2.29. The predicted octanol–water partition coefficient (Wildman–Crippen LogP) is 3.03. The van der Waals surface area contributed by atoms with Crippen molar-refractivity contribution < 1.29 is 0 Å². The first-order valence-electron chi connectivity index (χ1n) is 6.97. The second kappa shape index (κ2) is 7.19. The zero-order valence-electron chi connectivity index (χ0n) is 12.1. The smallest absolute Gasteiger partial charge is 0.137 e. The van der Waals surface area contributed by atoms with Crippen LogP contribution in [0.1, 0.15) is 52.5 Å². The van der Waals surface area contributed by atoms with Gasteiger partial charge >= 0.3 is 0 Å². The van der Waals surface area contributed by atoms with Crippen molar-refractivity contribution in [2.24, 2.45) is 0 Å². The van der Waals surface area contributed by atoms with Gasteiger partial charge < -0.3 is 10.6 Å². The van der Waals surface area contributed by atoms with E-state index in [0.29, 0.717) is 11.9 Å². The number of hydrogen-bond acceptors (Lipinski definition) is 4. The van der Waals surface area contributed by atoms with Crippen LogP contribution in [0.4, 0.5) is 11.6 Å². The average Bonchev–Trinajstić information content (AvgIpc) is 2.34. The summed E-state index contributed by atoms with van der Waals surface area (Å²) in [6.07, 6.45) is 6.13. The van der Waals surface area contributed by atoms with Crippen molar-refractivity contribution in [3.8, 4) is 0 Å². The molecule has 1 rings (SSSR count). The highest BCUT2D eigenvalue weighted by molar-refractivity contribution is 5.57. The van der Waals surface area contributed by atoms with Gasteiger partial charge in [0.05, 0.1) is 0 Å². The second-order valence-corrected chi connectivity index (χ2v) is 4.91. The summed E-state index contributed by atoms with van der Waals surface area (Å²) in [5.74, 6) is 1.62. The first kappa shape index (κ1) is 14.7. The fourth-order valence-electron chi connectivity index (χ4n) is 2.14. The number of unbranched alkanes of at least 4 members (excludes halogenated alkanes) is 2. The van der Waals surface area contributed by atoms with Crippen molar-refractivity contribution in [1.82, 2.24) is 9.97 Å². The highest BCUT2D eigenvalue weighted by Gasteiger charge is 2.17. The van der Waals surface area contributed by atoms with Gasteiger partial charge in [0.1, 0.15) is 18.0 Å². The topological polar surface area (TPSA) is 55.0 Å². The summed E-state index contributed by atoms with van der Waals surface area (Å²) in [4.78, 5) is 10.9. The molecular formula is C14H26N4. The number of nitrogen functional groups attached to an aromatic ring is 1. The number of nitrogens with zero attached hydrogens (tertiary/aromatic N) is 3. The normalized spacial score (nSPS) is 10.9. The molecule has 1 aromatic rings. The van der Waals surface area contributed by atoms with E-state index in [-0.39, 0.29) is 0 Å². The van der Waals surface area contributed by atoms with Crippen molar-refractivity contribution >= 4 is 11.6 Å². The standard InChI is InChI=1S/C14H26N4/c1-5-7-8-9-18(11(3)4)14-12(6-2)13(15)16-10-17-14/h10-11H,5-9H2,1-4H3,(H2,15,16,17). The van der Waals surface area contributed by atoms with E-state index in [1.54, 1.807) is 6.33 Å². The quantitative estimate of drug-likeness (QED) is 0.756. The first-order chi connectivity index (χ1) is 8.61. The van der Waals surface area contributed by atoms with Gasteiger partial charge in [-0.1, -0.05) is 26.7 Å². The zero-order chi connectivity index (χ0) is 13.5. The molecule has 2 N–H and O–H groups in total. The van der Waals surface area contributed by atoms with Crippen LogP contribution in [-0.4, -0.2) is 22.6 Å². The van der Waals surface area contributed by atoms with Crippen molar-refractivity contribution in [1.29, 1.82) is 0 Å². The maximum Gasteiger partial charge on any atom is 0.137 e. The minimum absolute atomic E-state index is 0.432. The lowest BCUT2D eigenvalue weighted by atomic mass is 10.1. The Morgan fingerprint density at radius 2 is 1.94 bits per heavy atom. The summed E-state index contributed by atoms with van der Waals surface area (Å²) in [6.45, 7) is 9.76. The van der Waals surface area contributed by atoms with Crippen LogP contribution < -0.4 is 10.6 Å². The van der Waals surface area contributed by atoms with E-state index in [0.717, 1.165) is 24.3 Å². The van der Waals surface area contributed by atoms with E-state index in [4.69, 9.17) is 5.73 Å². The van der Waals surface area contributed by atoms with E-state index in [9.17, 15) is 0 Å². The number of hydrogen-bond donors (Lipinski definition) is 1. The molecule has 0 spiro atoms. The first-order valence-corrected chi connectivity index (χ1v) is 6.97. The van der Waals surface area contributed by atoms with Crippen molar-refractivity contribution in [2.75, 3.05) is 17.2 Å². The molecule has 0 saturated carbocycles. The Labute approximate surface area is 111 Å². The molecule has 102 valence electrons. The highest BCUT2D eigenvalue weighted by atomic mass is 15.2. The van der Waals surface area contributed by atoms with E-state index >= 15 is 0 Å². The molecule has 0 fully saturated rings. The van der Waals surface area contributed by atoms with Gasteiger partial charge in [-0.05, 0) is 26.7 Å². The summed E-state index contributed by atoms with van der Waals surface area (Å²) in [5.41, 5.74) is 7.02. The third-order valence-corrected chi connectivity index (χ3v) is 3.21. The fraction of sp³-hybridized carbons (Fsp3) is 0.714. The monoisotopic (exact) mass is 250 g/mol. The lowest BCUT2D eigenvalue weighted by molar-refractivity contribution is 0.617. The lowest BCUT2D eigenvalue weighted by Crippen LogP contribution is -2.33. The van der Waals surface area contributed by atoms with Gasteiger partial charge in [-0.15, -0.1) is 0 Å². The van der Waals surface area contributed by atoms with E-state index < -0.39 is 0 Å². The number of aromatic nitrogens is 2. The molecule has 4 heteroatoms. The number of rotatable bonds is 7. The van der Waals surface area contributed by atoms with Crippen molar-refractivity contribution in [3.63, 3.8) is 0 Å². The van der Waals surface area contributed by atoms with Crippen LogP contribution in [0.25, 0.3) is 0 Å². The van der Waals surface area contributed by atoms with Crippen LogP contribution in [0.5, 0.6) is 0 Å². The molecule has 0 radical (unpaired) electrons. The molecule has 0 saturated heterocycles. The third-order valence-electron chi connectivity index (χ3n) is 3.21. The van der Waals surface area contributed by atoms with Gasteiger partial charge in [-0.2, -0.15) is 0 Å². The largest absolute Gasteiger partial charge is 0.383 e. The van der Waals surface area contributed by atoms with Gasteiger partial charge in [0.25, 0.3) is 0 Å². The Morgan fingerprint density at radius 1 is 1.22 bits per heavy atom. The fourth-order valence-corrected chi connectivity index (χ4v) is 2.14. The van der Waals surface area contributed by atoms with Crippen molar-refractivity contribution in [3.05, 3.63) is 11.9 Å². The Hall–Kier alpha value is -1.32. The molecule has 4 nitrogen and oxygen atoms in total. The van der Waals surface area contributed by atoms with Gasteiger partial charge in [-0.25, -0.2) is 9.97 Å². The molecule has 0 aromatic carbocycles. The van der Waals surface area contributed by atoms with Gasteiger partial charge in [0.15, 0.2) is 0 Å². The molecule has 0 unspecified atom stereocenters. The maximum atomic E-state index is 5.95. The van der Waals surface area contributed by atoms with Crippen LogP contribution in [0.2, 0.25) is 0 Å². The summed E-state index contributed by atoms with van der Waals surface area (Å²) in [5, 5.41) is 0. The number of anilines is 2. The summed E-state index contributed by atoms with van der Waals surface area (Å²) in [7, 11) is 0. The van der Waals surface area contributed by atoms with E-state index in [1.807, 2.05) is 0 Å². The van der Waals surface area contributed by atoms with E-state index in [2.05, 4.69) is 42.6 Å². The van der Waals surface area contributed by atoms with Crippen LogP contribution in [0.15, 0.2) is 6.33 Å². The van der Waals surface area contributed by atoms with Gasteiger partial charge in [0, 0.05) is 18.2 Å². The van der Waals surface area contributed by atoms with Crippen LogP contribution >= 0.6 is 0 Å². The summed E-state index contributed by atoms with van der Waals surface area (Å²) >= 11 is 0. The van der Waals surface area contributed by atoms with Gasteiger partial charge in [0.2, 0.25) is 0 Å². The summed E-state index contributed by atoms with van der Waals surface area (Å²) in [6, 6.07) is 0.432. The van der Waals surface area contributed by atoms with Gasteiger partial charge in [-0.3, -0.25) is 0 Å². The third kappa shape index (κ3) is 3.59. The van der Waals surface area contributed by atoms with Crippen LogP contribution in [0, 0.1) is 0 Å². The Balaban J connectivity index is 2.94. The molecule has 0 aliphatic rings. The molecule has 0 aliphatic carbocycles. The molecule has 0 amide bonds. The SMILES string of the molecule is CCCCCN(c1ncnc(N)c1CC)C(C)C. The van der Waals surface area contributed by atoms with E-state index in [1.165, 1.54) is 19.3 Å². The Morgan fingerprint density at radius 3 is 2.50 bits per heavy atom. The predicted molar refractivity (Wildman–Crippen MR) is 77.8 cm³/mol. The Bertz CT molecular complexity index is 363. The average molecular weight is 250 g/mol. The molecule has 0 aliphatic heterocycles. The van der Waals surface area contributed by atoms with Crippen LogP contribution in [0.3, 0.4) is 0 Å². The summed E-state index contributed by atoms with van der Waals surface area (Å²) < 4.78 is 0. The molecule has 1 aromatic heterocycles. The zero-order valence-corrected chi connectivity index (χ0v) is 12.1. The highest BCUT2D eigenvalue weighted by Crippen LogP contribution is 2.24. The molecule has 18 heavy (non-hydrogen) atoms. The maximum absolute atomic E-state index is 5.95. The van der Waals surface area contributed by atoms with Crippen molar-refractivity contribution in [2.45, 2.75) is 59.4 Å².